The van der Waals surface area contributed by atoms with Gasteiger partial charge in [-0.15, -0.1) is 23.7 Å². The smallest absolute Gasteiger partial charge is 0.306 e. The summed E-state index contributed by atoms with van der Waals surface area (Å²) >= 11 is 1.50. The number of rotatable bonds is 7. The van der Waals surface area contributed by atoms with Crippen LogP contribution in [0.5, 0.6) is 0 Å². The van der Waals surface area contributed by atoms with E-state index in [-0.39, 0.29) is 24.2 Å². The Hall–Kier alpha value is -1.69. The van der Waals surface area contributed by atoms with Crippen molar-refractivity contribution in [3.63, 3.8) is 0 Å². The van der Waals surface area contributed by atoms with Crippen molar-refractivity contribution in [3.8, 4) is 0 Å². The van der Waals surface area contributed by atoms with Gasteiger partial charge in [0.25, 0.3) is 0 Å². The van der Waals surface area contributed by atoms with E-state index in [1.165, 1.54) is 11.3 Å². The summed E-state index contributed by atoms with van der Waals surface area (Å²) in [6.45, 7) is 4.23. The van der Waals surface area contributed by atoms with Crippen molar-refractivity contribution in [1.82, 2.24) is 4.90 Å². The van der Waals surface area contributed by atoms with E-state index in [9.17, 15) is 9.59 Å². The van der Waals surface area contributed by atoms with Crippen LogP contribution in [0.15, 0.2) is 47.8 Å². The van der Waals surface area contributed by atoms with E-state index < -0.39 is 5.60 Å². The number of carbonyl (C=O) groups is 2. The van der Waals surface area contributed by atoms with Crippen molar-refractivity contribution < 1.29 is 14.3 Å². The maximum Gasteiger partial charge on any atom is 0.306 e. The molecule has 0 spiro atoms. The van der Waals surface area contributed by atoms with Crippen LogP contribution in [0.25, 0.3) is 0 Å². The van der Waals surface area contributed by atoms with Crippen LogP contribution in [0.1, 0.15) is 47.8 Å². The predicted octanol–water partition coefficient (Wildman–Crippen LogP) is 4.69. The van der Waals surface area contributed by atoms with Crippen molar-refractivity contribution in [3.05, 3.63) is 58.3 Å². The molecule has 1 fully saturated rings. The minimum atomic E-state index is -0.539. The number of piperidine rings is 1. The van der Waals surface area contributed by atoms with Crippen molar-refractivity contribution in [2.75, 3.05) is 19.6 Å². The highest BCUT2D eigenvalue weighted by molar-refractivity contribution is 7.12. The van der Waals surface area contributed by atoms with Crippen molar-refractivity contribution in [2.45, 2.75) is 38.2 Å². The van der Waals surface area contributed by atoms with Crippen LogP contribution in [0.4, 0.5) is 0 Å². The fourth-order valence-electron chi connectivity index (χ4n) is 3.44. The number of esters is 1. The van der Waals surface area contributed by atoms with Gasteiger partial charge < -0.3 is 9.64 Å². The highest BCUT2D eigenvalue weighted by Crippen LogP contribution is 2.37. The molecular formula is C21H26ClNO3S. The van der Waals surface area contributed by atoms with E-state index in [4.69, 9.17) is 4.74 Å². The largest absolute Gasteiger partial charge is 0.454 e. The summed E-state index contributed by atoms with van der Waals surface area (Å²) in [7, 11) is 0. The summed E-state index contributed by atoms with van der Waals surface area (Å²) in [6.07, 6.45) is 2.44. The Labute approximate surface area is 170 Å². The Balaban J connectivity index is 0.00000261. The highest BCUT2D eigenvalue weighted by atomic mass is 35.5. The number of thiophene rings is 1. The van der Waals surface area contributed by atoms with Crippen LogP contribution >= 0.6 is 23.7 Å². The molecule has 0 saturated carbocycles. The maximum atomic E-state index is 12.2. The molecular weight excluding hydrogens is 382 g/mol. The molecule has 1 aromatic carbocycles. The van der Waals surface area contributed by atoms with Crippen LogP contribution in [0.3, 0.4) is 0 Å². The predicted molar refractivity (Wildman–Crippen MR) is 111 cm³/mol. The number of Topliss-reactive ketones (excluding diaryl/α,β-unsaturated/α-hetero) is 1. The average Bonchev–Trinajstić information content (AvgIpc) is 3.23. The number of ketones is 1. The maximum absolute atomic E-state index is 12.2. The van der Waals surface area contributed by atoms with Crippen LogP contribution in [0.2, 0.25) is 0 Å². The zero-order chi connectivity index (χ0) is 18.4. The molecule has 146 valence electrons. The van der Waals surface area contributed by atoms with Gasteiger partial charge in [0.1, 0.15) is 5.60 Å². The lowest BCUT2D eigenvalue weighted by Crippen LogP contribution is -2.45. The van der Waals surface area contributed by atoms with E-state index in [0.717, 1.165) is 42.9 Å². The van der Waals surface area contributed by atoms with Gasteiger partial charge >= 0.3 is 5.97 Å². The second-order valence-corrected chi connectivity index (χ2v) is 7.63. The molecule has 27 heavy (non-hydrogen) atoms. The molecule has 1 aliphatic heterocycles. The topological polar surface area (TPSA) is 46.6 Å². The molecule has 2 aromatic rings. The lowest BCUT2D eigenvalue weighted by molar-refractivity contribution is -0.166. The summed E-state index contributed by atoms with van der Waals surface area (Å²) in [6, 6.07) is 13.8. The quantitative estimate of drug-likeness (QED) is 0.493. The van der Waals surface area contributed by atoms with E-state index >= 15 is 0 Å². The number of carbonyl (C=O) groups excluding carboxylic acids is 2. The lowest BCUT2D eigenvalue weighted by Gasteiger charge is -2.41. The number of hydrogen-bond donors (Lipinski definition) is 0. The zero-order valence-corrected chi connectivity index (χ0v) is 17.2. The molecule has 6 heteroatoms. The van der Waals surface area contributed by atoms with Gasteiger partial charge in [0.05, 0.1) is 4.88 Å². The van der Waals surface area contributed by atoms with Gasteiger partial charge in [-0.05, 0) is 17.0 Å². The van der Waals surface area contributed by atoms with Gasteiger partial charge in [0, 0.05) is 45.3 Å². The fourth-order valence-corrected chi connectivity index (χ4v) is 4.13. The molecule has 0 atom stereocenters. The first-order valence-corrected chi connectivity index (χ1v) is 10.1. The van der Waals surface area contributed by atoms with Crippen LogP contribution in [-0.2, 0) is 15.1 Å². The third kappa shape index (κ3) is 5.41. The van der Waals surface area contributed by atoms with Crippen molar-refractivity contribution in [2.24, 2.45) is 0 Å². The average molecular weight is 408 g/mol. The van der Waals surface area contributed by atoms with Gasteiger partial charge in [-0.25, -0.2) is 0 Å². The molecule has 1 saturated heterocycles. The number of likely N-dealkylation sites (tertiary alicyclic amines) is 1. The van der Waals surface area contributed by atoms with E-state index in [1.54, 1.807) is 0 Å². The summed E-state index contributed by atoms with van der Waals surface area (Å²) < 4.78 is 5.92. The van der Waals surface area contributed by atoms with Crippen LogP contribution in [-0.4, -0.2) is 36.3 Å². The number of ether oxygens (including phenoxy) is 1. The van der Waals surface area contributed by atoms with Gasteiger partial charge in [-0.1, -0.05) is 43.3 Å². The lowest BCUT2D eigenvalue weighted by atomic mass is 9.84. The molecule has 1 aliphatic rings. The normalized spacial score (nSPS) is 16.3. The van der Waals surface area contributed by atoms with E-state index in [2.05, 4.69) is 4.90 Å². The summed E-state index contributed by atoms with van der Waals surface area (Å²) in [5.41, 5.74) is 0.527. The van der Waals surface area contributed by atoms with Gasteiger partial charge in [0.15, 0.2) is 5.78 Å². The number of benzene rings is 1. The third-order valence-electron chi connectivity index (χ3n) is 5.01. The first-order valence-electron chi connectivity index (χ1n) is 9.19. The Bertz CT molecular complexity index is 725. The first kappa shape index (κ1) is 21.6. The minimum absolute atomic E-state index is 0. The van der Waals surface area contributed by atoms with Crippen LogP contribution in [0, 0.1) is 0 Å². The molecule has 0 radical (unpaired) electrons. The van der Waals surface area contributed by atoms with Crippen LogP contribution < -0.4 is 0 Å². The third-order valence-corrected chi connectivity index (χ3v) is 5.92. The zero-order valence-electron chi connectivity index (χ0n) is 15.6. The molecule has 0 amide bonds. The number of hydrogen-bond acceptors (Lipinski definition) is 5. The summed E-state index contributed by atoms with van der Waals surface area (Å²) in [5.74, 6) is 0.0486. The molecule has 0 bridgehead atoms. The number of nitrogens with zero attached hydrogens (tertiary/aromatic N) is 1. The summed E-state index contributed by atoms with van der Waals surface area (Å²) in [5, 5.41) is 1.93. The monoisotopic (exact) mass is 407 g/mol. The Morgan fingerprint density at radius 1 is 1.11 bits per heavy atom. The molecule has 4 nitrogen and oxygen atoms in total. The SMILES string of the molecule is CCC(=O)OC1(c2ccccc2)CCN(CCC(=O)c2cccs2)CC1.Cl. The van der Waals surface area contributed by atoms with Gasteiger partial charge in [-0.3, -0.25) is 9.59 Å². The molecule has 0 unspecified atom stereocenters. The number of halogens is 1. The van der Waals surface area contributed by atoms with Gasteiger partial charge in [0.2, 0.25) is 0 Å². The Kier molecular flexibility index (Phi) is 8.02. The fraction of sp³-hybridized carbons (Fsp3) is 0.429. The Morgan fingerprint density at radius 2 is 1.81 bits per heavy atom. The molecule has 2 heterocycles. The first-order chi connectivity index (χ1) is 12.6. The summed E-state index contributed by atoms with van der Waals surface area (Å²) in [4.78, 5) is 27.3. The standard InChI is InChI=1S/C21H25NO3S.ClH/c1-2-20(24)25-21(17-7-4-3-5-8-17)11-14-22(15-12-21)13-10-18(23)19-9-6-16-26-19;/h3-9,16H,2,10-15H2,1H3;1H. The van der Waals surface area contributed by atoms with Gasteiger partial charge in [-0.2, -0.15) is 0 Å². The molecule has 1 aromatic heterocycles. The molecule has 0 N–H and O–H groups in total. The van der Waals surface area contributed by atoms with Crippen molar-refractivity contribution >= 4 is 35.5 Å². The Morgan fingerprint density at radius 3 is 2.41 bits per heavy atom. The minimum Gasteiger partial charge on any atom is -0.454 e. The molecule has 3 rings (SSSR count). The van der Waals surface area contributed by atoms with E-state index in [0.29, 0.717) is 12.8 Å². The second-order valence-electron chi connectivity index (χ2n) is 6.68. The highest BCUT2D eigenvalue weighted by Gasteiger charge is 2.39. The second kappa shape index (κ2) is 10.0. The van der Waals surface area contributed by atoms with E-state index in [1.807, 2.05) is 54.8 Å². The van der Waals surface area contributed by atoms with Crippen molar-refractivity contribution in [1.29, 1.82) is 0 Å². The molecule has 0 aliphatic carbocycles.